The summed E-state index contributed by atoms with van der Waals surface area (Å²) in [5, 5.41) is 3.45. The van der Waals surface area contributed by atoms with Crippen LogP contribution < -0.4 is 14.8 Å². The second kappa shape index (κ2) is 9.87. The van der Waals surface area contributed by atoms with Crippen LogP contribution in [-0.4, -0.2) is 21.4 Å². The normalized spacial score (nSPS) is 11.3. The summed E-state index contributed by atoms with van der Waals surface area (Å²) in [6.07, 6.45) is 2.89. The van der Waals surface area contributed by atoms with Crippen LogP contribution in [0.15, 0.2) is 77.7 Å². The van der Waals surface area contributed by atoms with E-state index in [2.05, 4.69) is 10.0 Å². The Morgan fingerprint density at radius 2 is 1.68 bits per heavy atom. The standard InChI is InChI=1S/C22H18Cl2N2O4S/c1-30-21-12-9-16(23)14-20(21)25-22(27)13-8-15-6-10-17(11-7-15)31(28,29)26-19-5-3-2-4-18(19)24/h2-14,26H,1H3,(H,25,27)/b13-8+. The van der Waals surface area contributed by atoms with Gasteiger partial charge in [0.15, 0.2) is 0 Å². The van der Waals surface area contributed by atoms with E-state index in [0.29, 0.717) is 32.7 Å². The number of halogens is 2. The van der Waals surface area contributed by atoms with E-state index < -0.39 is 15.9 Å². The van der Waals surface area contributed by atoms with Gasteiger partial charge in [0.2, 0.25) is 5.91 Å². The van der Waals surface area contributed by atoms with Gasteiger partial charge in [-0.2, -0.15) is 0 Å². The van der Waals surface area contributed by atoms with Gasteiger partial charge >= 0.3 is 0 Å². The van der Waals surface area contributed by atoms with Gasteiger partial charge in [-0.3, -0.25) is 9.52 Å². The minimum absolute atomic E-state index is 0.0673. The molecule has 2 N–H and O–H groups in total. The number of hydrogen-bond donors (Lipinski definition) is 2. The van der Waals surface area contributed by atoms with Gasteiger partial charge in [0, 0.05) is 11.1 Å². The Labute approximate surface area is 190 Å². The number of para-hydroxylation sites is 1. The first-order valence-electron chi connectivity index (χ1n) is 8.98. The number of methoxy groups -OCH3 is 1. The van der Waals surface area contributed by atoms with Crippen molar-refractivity contribution in [3.63, 3.8) is 0 Å². The predicted molar refractivity (Wildman–Crippen MR) is 124 cm³/mol. The molecule has 3 aromatic rings. The Hall–Kier alpha value is -3.00. The number of nitrogens with one attached hydrogen (secondary N) is 2. The molecule has 0 bridgehead atoms. The molecule has 0 heterocycles. The average molecular weight is 477 g/mol. The van der Waals surface area contributed by atoms with Crippen molar-refractivity contribution in [2.45, 2.75) is 4.90 Å². The van der Waals surface area contributed by atoms with Gasteiger partial charge < -0.3 is 10.1 Å². The lowest BCUT2D eigenvalue weighted by Crippen LogP contribution is -2.13. The quantitative estimate of drug-likeness (QED) is 0.443. The zero-order valence-corrected chi connectivity index (χ0v) is 18.6. The molecule has 0 saturated carbocycles. The van der Waals surface area contributed by atoms with Crippen molar-refractivity contribution in [2.24, 2.45) is 0 Å². The highest BCUT2D eigenvalue weighted by Crippen LogP contribution is 2.28. The highest BCUT2D eigenvalue weighted by atomic mass is 35.5. The number of carbonyl (C=O) groups is 1. The van der Waals surface area contributed by atoms with Gasteiger partial charge in [0.1, 0.15) is 5.75 Å². The summed E-state index contributed by atoms with van der Waals surface area (Å²) in [6.45, 7) is 0. The molecule has 6 nitrogen and oxygen atoms in total. The van der Waals surface area contributed by atoms with Crippen molar-refractivity contribution in [3.05, 3.63) is 88.4 Å². The summed E-state index contributed by atoms with van der Waals surface area (Å²) in [5.41, 5.74) is 1.38. The minimum atomic E-state index is -3.80. The zero-order valence-electron chi connectivity index (χ0n) is 16.3. The Morgan fingerprint density at radius 3 is 2.35 bits per heavy atom. The van der Waals surface area contributed by atoms with Crippen LogP contribution in [-0.2, 0) is 14.8 Å². The molecule has 3 rings (SSSR count). The van der Waals surface area contributed by atoms with E-state index in [0.717, 1.165) is 0 Å². The fourth-order valence-electron chi connectivity index (χ4n) is 2.63. The molecule has 0 atom stereocenters. The second-order valence-electron chi connectivity index (χ2n) is 6.32. The summed E-state index contributed by atoms with van der Waals surface area (Å²) < 4.78 is 32.7. The second-order valence-corrected chi connectivity index (χ2v) is 8.85. The number of sulfonamides is 1. The molecule has 0 aromatic heterocycles. The number of hydrogen-bond acceptors (Lipinski definition) is 4. The lowest BCUT2D eigenvalue weighted by Gasteiger charge is -2.10. The van der Waals surface area contributed by atoms with Crippen molar-refractivity contribution >= 4 is 56.6 Å². The van der Waals surface area contributed by atoms with Gasteiger partial charge in [0.05, 0.1) is 28.4 Å². The van der Waals surface area contributed by atoms with Crippen LogP contribution >= 0.6 is 23.2 Å². The molecule has 0 aliphatic rings. The van der Waals surface area contributed by atoms with Crippen LogP contribution in [0.1, 0.15) is 5.56 Å². The topological polar surface area (TPSA) is 84.5 Å². The Kier molecular flexibility index (Phi) is 7.22. The Morgan fingerprint density at radius 1 is 0.968 bits per heavy atom. The summed E-state index contributed by atoms with van der Waals surface area (Å²) in [5.74, 6) is 0.0874. The summed E-state index contributed by atoms with van der Waals surface area (Å²) in [7, 11) is -2.31. The van der Waals surface area contributed by atoms with Gasteiger partial charge in [-0.05, 0) is 54.1 Å². The van der Waals surface area contributed by atoms with Crippen LogP contribution in [0.2, 0.25) is 10.0 Å². The maximum atomic E-state index is 12.5. The fraction of sp³-hybridized carbons (Fsp3) is 0.0455. The van der Waals surface area contributed by atoms with Gasteiger partial charge in [-0.15, -0.1) is 0 Å². The average Bonchev–Trinajstić information content (AvgIpc) is 2.74. The number of rotatable bonds is 7. The van der Waals surface area contributed by atoms with Crippen LogP contribution in [0.5, 0.6) is 5.75 Å². The SMILES string of the molecule is COc1ccc(Cl)cc1NC(=O)/C=C/c1ccc(S(=O)(=O)Nc2ccccc2Cl)cc1. The van der Waals surface area contributed by atoms with Gasteiger partial charge in [0.25, 0.3) is 10.0 Å². The highest BCUT2D eigenvalue weighted by molar-refractivity contribution is 7.92. The lowest BCUT2D eigenvalue weighted by atomic mass is 10.2. The van der Waals surface area contributed by atoms with Crippen molar-refractivity contribution < 1.29 is 17.9 Å². The predicted octanol–water partition coefficient (Wildman–Crippen LogP) is 5.45. The van der Waals surface area contributed by atoms with Crippen LogP contribution in [0.4, 0.5) is 11.4 Å². The molecular formula is C22H18Cl2N2O4S. The lowest BCUT2D eigenvalue weighted by molar-refractivity contribution is -0.111. The summed E-state index contributed by atoms with van der Waals surface area (Å²) in [6, 6.07) is 17.5. The molecule has 31 heavy (non-hydrogen) atoms. The molecule has 160 valence electrons. The largest absolute Gasteiger partial charge is 0.495 e. The first kappa shape index (κ1) is 22.7. The third kappa shape index (κ3) is 6.01. The summed E-state index contributed by atoms with van der Waals surface area (Å²) >= 11 is 12.0. The molecule has 0 aliphatic heterocycles. The van der Waals surface area contributed by atoms with Crippen molar-refractivity contribution in [3.8, 4) is 5.75 Å². The smallest absolute Gasteiger partial charge is 0.261 e. The maximum Gasteiger partial charge on any atom is 0.261 e. The molecule has 9 heteroatoms. The Balaban J connectivity index is 1.69. The Bertz CT molecular complexity index is 1230. The molecule has 0 fully saturated rings. The van der Waals surface area contributed by atoms with E-state index in [4.69, 9.17) is 27.9 Å². The van der Waals surface area contributed by atoms with Crippen molar-refractivity contribution in [1.82, 2.24) is 0 Å². The molecule has 0 unspecified atom stereocenters. The zero-order chi connectivity index (χ0) is 22.4. The van der Waals surface area contributed by atoms with E-state index in [1.807, 2.05) is 0 Å². The van der Waals surface area contributed by atoms with Crippen LogP contribution in [0, 0.1) is 0 Å². The molecule has 3 aromatic carbocycles. The third-order valence-corrected chi connectivity index (χ3v) is 6.10. The fourth-order valence-corrected chi connectivity index (χ4v) is 4.12. The number of carbonyl (C=O) groups excluding carboxylic acids is 1. The van der Waals surface area contributed by atoms with E-state index in [1.165, 1.54) is 25.3 Å². The maximum absolute atomic E-state index is 12.5. The first-order chi connectivity index (χ1) is 14.8. The van der Waals surface area contributed by atoms with Crippen LogP contribution in [0.25, 0.3) is 6.08 Å². The van der Waals surface area contributed by atoms with Gasteiger partial charge in [-0.25, -0.2) is 8.42 Å². The molecular weight excluding hydrogens is 459 g/mol. The number of anilines is 2. The molecule has 0 aliphatic carbocycles. The van der Waals surface area contributed by atoms with E-state index in [9.17, 15) is 13.2 Å². The molecule has 1 amide bonds. The third-order valence-electron chi connectivity index (χ3n) is 4.16. The highest BCUT2D eigenvalue weighted by Gasteiger charge is 2.15. The van der Waals surface area contributed by atoms with E-state index in [-0.39, 0.29) is 4.90 Å². The molecule has 0 saturated heterocycles. The van der Waals surface area contributed by atoms with Crippen LogP contribution in [0.3, 0.4) is 0 Å². The number of benzene rings is 3. The number of ether oxygens (including phenoxy) is 1. The van der Waals surface area contributed by atoms with E-state index in [1.54, 1.807) is 60.7 Å². The summed E-state index contributed by atoms with van der Waals surface area (Å²) in [4.78, 5) is 12.3. The number of amides is 1. The van der Waals surface area contributed by atoms with Gasteiger partial charge in [-0.1, -0.05) is 47.5 Å². The minimum Gasteiger partial charge on any atom is -0.495 e. The molecule has 0 spiro atoms. The van der Waals surface area contributed by atoms with Crippen molar-refractivity contribution in [1.29, 1.82) is 0 Å². The monoisotopic (exact) mass is 476 g/mol. The van der Waals surface area contributed by atoms with E-state index >= 15 is 0 Å². The first-order valence-corrected chi connectivity index (χ1v) is 11.2. The molecule has 0 radical (unpaired) electrons. The van der Waals surface area contributed by atoms with Crippen molar-refractivity contribution in [2.75, 3.05) is 17.1 Å².